The van der Waals surface area contributed by atoms with E-state index in [4.69, 9.17) is 11.6 Å². The van der Waals surface area contributed by atoms with Gasteiger partial charge in [-0.2, -0.15) is 5.26 Å². The maximum atomic E-state index is 12.1. The summed E-state index contributed by atoms with van der Waals surface area (Å²) < 4.78 is 0. The van der Waals surface area contributed by atoms with Crippen LogP contribution in [-0.4, -0.2) is 43.0 Å². The van der Waals surface area contributed by atoms with E-state index in [9.17, 15) is 10.1 Å². The van der Waals surface area contributed by atoms with Gasteiger partial charge in [0.15, 0.2) is 0 Å². The third-order valence-corrected chi connectivity index (χ3v) is 5.39. The van der Waals surface area contributed by atoms with Crippen LogP contribution in [-0.2, 0) is 0 Å². The third kappa shape index (κ3) is 4.23. The zero-order valence-electron chi connectivity index (χ0n) is 15.7. The number of carbonyl (C=O) groups is 1. The normalized spacial score (nSPS) is 17.1. The first-order valence-electron chi connectivity index (χ1n) is 9.12. The molecule has 1 saturated heterocycles. The Balaban J connectivity index is 1.73. The van der Waals surface area contributed by atoms with Crippen LogP contribution in [0.3, 0.4) is 0 Å². The molecule has 0 N–H and O–H groups in total. The summed E-state index contributed by atoms with van der Waals surface area (Å²) in [6.45, 7) is 1.75. The fourth-order valence-corrected chi connectivity index (χ4v) is 3.82. The van der Waals surface area contributed by atoms with Gasteiger partial charge in [-0.05, 0) is 48.9 Å². The lowest BCUT2D eigenvalue weighted by Crippen LogP contribution is -2.25. The molecular weight excluding hydrogens is 360 g/mol. The summed E-state index contributed by atoms with van der Waals surface area (Å²) in [6, 6.07) is 12.0. The molecule has 0 saturated carbocycles. The number of rotatable bonds is 3. The van der Waals surface area contributed by atoms with Crippen LogP contribution in [0.25, 0.3) is 0 Å². The van der Waals surface area contributed by atoms with Gasteiger partial charge in [0, 0.05) is 38.9 Å². The lowest BCUT2D eigenvalue weighted by atomic mass is 9.91. The number of nitriles is 1. The Labute approximate surface area is 165 Å². The standard InChI is InChI=1S/C21H23ClN4O/c1-25(2)21(27)17-7-5-16(6-8-17)15-4-3-12-26(13-10-15)19-9-11-24-20(22)18(19)14-23/h5-9,11,15H,3-4,10,12-13H2,1-2H3. The zero-order valence-corrected chi connectivity index (χ0v) is 16.4. The summed E-state index contributed by atoms with van der Waals surface area (Å²) in [5, 5.41) is 9.67. The Bertz CT molecular complexity index is 857. The summed E-state index contributed by atoms with van der Waals surface area (Å²) >= 11 is 6.09. The Hall–Kier alpha value is -2.58. The predicted octanol–water partition coefficient (Wildman–Crippen LogP) is 4.08. The van der Waals surface area contributed by atoms with Crippen LogP contribution >= 0.6 is 11.6 Å². The summed E-state index contributed by atoms with van der Waals surface area (Å²) in [5.74, 6) is 0.466. The van der Waals surface area contributed by atoms with Crippen LogP contribution < -0.4 is 4.90 Å². The molecule has 1 aliphatic rings. The fourth-order valence-electron chi connectivity index (χ4n) is 3.62. The first-order valence-corrected chi connectivity index (χ1v) is 9.50. The number of benzene rings is 1. The molecular formula is C21H23ClN4O. The van der Waals surface area contributed by atoms with Gasteiger partial charge in [0.1, 0.15) is 16.8 Å². The number of hydrogen-bond acceptors (Lipinski definition) is 4. The highest BCUT2D eigenvalue weighted by Crippen LogP contribution is 2.32. The molecule has 5 nitrogen and oxygen atoms in total. The molecule has 0 bridgehead atoms. The van der Waals surface area contributed by atoms with Crippen LogP contribution in [0, 0.1) is 11.3 Å². The van der Waals surface area contributed by atoms with Gasteiger partial charge in [-0.3, -0.25) is 4.79 Å². The van der Waals surface area contributed by atoms with Crippen LogP contribution in [0.2, 0.25) is 5.15 Å². The van der Waals surface area contributed by atoms with Crippen molar-refractivity contribution in [1.29, 1.82) is 5.26 Å². The first-order chi connectivity index (χ1) is 13.0. The number of amides is 1. The van der Waals surface area contributed by atoms with Gasteiger partial charge in [0.2, 0.25) is 0 Å². The van der Waals surface area contributed by atoms with Crippen molar-refractivity contribution in [3.05, 3.63) is 58.4 Å². The molecule has 1 amide bonds. The van der Waals surface area contributed by atoms with Crippen molar-refractivity contribution in [2.75, 3.05) is 32.1 Å². The highest BCUT2D eigenvalue weighted by atomic mass is 35.5. The molecule has 27 heavy (non-hydrogen) atoms. The van der Waals surface area contributed by atoms with E-state index in [1.165, 1.54) is 5.56 Å². The second-order valence-corrected chi connectivity index (χ2v) is 7.40. The number of pyridine rings is 1. The monoisotopic (exact) mass is 382 g/mol. The third-order valence-electron chi connectivity index (χ3n) is 5.10. The van der Waals surface area contributed by atoms with E-state index in [0.29, 0.717) is 17.0 Å². The molecule has 0 spiro atoms. The molecule has 1 aromatic heterocycles. The summed E-state index contributed by atoms with van der Waals surface area (Å²) in [4.78, 5) is 19.9. The Morgan fingerprint density at radius 2 is 1.96 bits per heavy atom. The highest BCUT2D eigenvalue weighted by Gasteiger charge is 2.21. The number of hydrogen-bond donors (Lipinski definition) is 0. The van der Waals surface area contributed by atoms with Gasteiger partial charge in [-0.15, -0.1) is 0 Å². The molecule has 1 fully saturated rings. The van der Waals surface area contributed by atoms with Gasteiger partial charge < -0.3 is 9.80 Å². The zero-order chi connectivity index (χ0) is 19.4. The molecule has 2 heterocycles. The molecule has 6 heteroatoms. The van der Waals surface area contributed by atoms with E-state index in [2.05, 4.69) is 28.1 Å². The molecule has 1 unspecified atom stereocenters. The topological polar surface area (TPSA) is 60.2 Å². The minimum Gasteiger partial charge on any atom is -0.370 e. The van der Waals surface area contributed by atoms with E-state index in [-0.39, 0.29) is 11.1 Å². The smallest absolute Gasteiger partial charge is 0.253 e. The van der Waals surface area contributed by atoms with Crippen molar-refractivity contribution >= 4 is 23.2 Å². The maximum absolute atomic E-state index is 12.1. The number of nitrogens with zero attached hydrogens (tertiary/aromatic N) is 4. The Morgan fingerprint density at radius 3 is 2.63 bits per heavy atom. The lowest BCUT2D eigenvalue weighted by Gasteiger charge is -2.24. The molecule has 0 aliphatic carbocycles. The van der Waals surface area contributed by atoms with Crippen molar-refractivity contribution in [3.63, 3.8) is 0 Å². The van der Waals surface area contributed by atoms with Crippen molar-refractivity contribution in [2.24, 2.45) is 0 Å². The van der Waals surface area contributed by atoms with Crippen LogP contribution in [0.15, 0.2) is 36.5 Å². The summed E-state index contributed by atoms with van der Waals surface area (Å²) in [5.41, 5.74) is 3.29. The van der Waals surface area contributed by atoms with Gasteiger partial charge in [-0.25, -0.2) is 4.98 Å². The minimum absolute atomic E-state index is 0.0205. The largest absolute Gasteiger partial charge is 0.370 e. The molecule has 0 radical (unpaired) electrons. The summed E-state index contributed by atoms with van der Waals surface area (Å²) in [7, 11) is 3.52. The average molecular weight is 383 g/mol. The van der Waals surface area contributed by atoms with Gasteiger partial charge in [0.25, 0.3) is 5.91 Å². The maximum Gasteiger partial charge on any atom is 0.253 e. The fraction of sp³-hybridized carbons (Fsp3) is 0.381. The molecule has 140 valence electrons. The highest BCUT2D eigenvalue weighted by molar-refractivity contribution is 6.30. The first kappa shape index (κ1) is 19.2. The van der Waals surface area contributed by atoms with Gasteiger partial charge >= 0.3 is 0 Å². The van der Waals surface area contributed by atoms with Crippen molar-refractivity contribution in [3.8, 4) is 6.07 Å². The van der Waals surface area contributed by atoms with Crippen molar-refractivity contribution in [2.45, 2.75) is 25.2 Å². The van der Waals surface area contributed by atoms with Crippen molar-refractivity contribution < 1.29 is 4.79 Å². The molecule has 1 atom stereocenters. The average Bonchev–Trinajstić information content (AvgIpc) is 2.93. The van der Waals surface area contributed by atoms with E-state index in [0.717, 1.165) is 38.0 Å². The summed E-state index contributed by atoms with van der Waals surface area (Å²) in [6.07, 6.45) is 4.76. The molecule has 2 aromatic rings. The van der Waals surface area contributed by atoms with E-state index < -0.39 is 0 Å². The Morgan fingerprint density at radius 1 is 1.22 bits per heavy atom. The second-order valence-electron chi connectivity index (χ2n) is 7.04. The van der Waals surface area contributed by atoms with Crippen LogP contribution in [0.1, 0.15) is 46.7 Å². The van der Waals surface area contributed by atoms with E-state index in [1.54, 1.807) is 25.2 Å². The number of halogens is 1. The van der Waals surface area contributed by atoms with Crippen LogP contribution in [0.4, 0.5) is 5.69 Å². The molecule has 1 aromatic carbocycles. The molecule has 1 aliphatic heterocycles. The number of aromatic nitrogens is 1. The number of carbonyl (C=O) groups excluding carboxylic acids is 1. The minimum atomic E-state index is 0.0205. The number of anilines is 1. The predicted molar refractivity (Wildman–Crippen MR) is 107 cm³/mol. The lowest BCUT2D eigenvalue weighted by molar-refractivity contribution is 0.0827. The van der Waals surface area contributed by atoms with Gasteiger partial charge in [-0.1, -0.05) is 23.7 Å². The quantitative estimate of drug-likeness (QED) is 0.750. The second kappa shape index (κ2) is 8.41. The van der Waals surface area contributed by atoms with E-state index in [1.807, 2.05) is 18.2 Å². The Kier molecular flexibility index (Phi) is 5.98. The van der Waals surface area contributed by atoms with Gasteiger partial charge in [0.05, 0.1) is 5.69 Å². The SMILES string of the molecule is CN(C)C(=O)c1ccc(C2CCCN(c3ccnc(Cl)c3C#N)CC2)cc1. The van der Waals surface area contributed by atoms with E-state index >= 15 is 0 Å². The molecule has 3 rings (SSSR count). The van der Waals surface area contributed by atoms with Crippen LogP contribution in [0.5, 0.6) is 0 Å². The van der Waals surface area contributed by atoms with Crippen molar-refractivity contribution in [1.82, 2.24) is 9.88 Å².